The van der Waals surface area contributed by atoms with E-state index >= 15 is 0 Å². The molecular formula is C17H19N3O5S. The largest absolute Gasteiger partial charge is 0.351 e. The van der Waals surface area contributed by atoms with Crippen LogP contribution in [0.4, 0.5) is 4.79 Å². The molecule has 3 aliphatic rings. The molecule has 1 aliphatic carbocycles. The number of nitrogens with zero attached hydrogens (tertiary/aromatic N) is 1. The summed E-state index contributed by atoms with van der Waals surface area (Å²) in [6.45, 7) is -0.412. The molecule has 0 bridgehead atoms. The monoisotopic (exact) mass is 377 g/mol. The fourth-order valence-corrected chi connectivity index (χ4v) is 5.73. The van der Waals surface area contributed by atoms with Gasteiger partial charge in [-0.15, -0.1) is 0 Å². The average Bonchev–Trinajstić information content (AvgIpc) is 3.19. The van der Waals surface area contributed by atoms with Crippen LogP contribution in [0.1, 0.15) is 24.0 Å². The number of benzene rings is 1. The molecule has 1 aromatic rings. The van der Waals surface area contributed by atoms with Gasteiger partial charge in [0.15, 0.2) is 9.84 Å². The molecule has 4 amide bonds. The smallest absolute Gasteiger partial charge is 0.325 e. The highest BCUT2D eigenvalue weighted by Crippen LogP contribution is 2.41. The fourth-order valence-electron chi connectivity index (χ4n) is 4.06. The number of sulfone groups is 1. The molecule has 2 aliphatic heterocycles. The summed E-state index contributed by atoms with van der Waals surface area (Å²) < 4.78 is 23.0. The first-order chi connectivity index (χ1) is 12.3. The van der Waals surface area contributed by atoms with E-state index in [1.165, 1.54) is 0 Å². The zero-order valence-corrected chi connectivity index (χ0v) is 14.8. The molecule has 2 fully saturated rings. The van der Waals surface area contributed by atoms with Crippen molar-refractivity contribution in [2.24, 2.45) is 0 Å². The number of hydrogen-bond acceptors (Lipinski definition) is 5. The molecule has 2 saturated heterocycles. The van der Waals surface area contributed by atoms with Crippen LogP contribution in [0.15, 0.2) is 24.3 Å². The Kier molecular flexibility index (Phi) is 3.80. The lowest BCUT2D eigenvalue weighted by Gasteiger charge is -2.22. The van der Waals surface area contributed by atoms with Crippen molar-refractivity contribution >= 4 is 27.7 Å². The molecule has 0 aromatic heterocycles. The summed E-state index contributed by atoms with van der Waals surface area (Å²) in [5, 5.41) is 5.37. The molecule has 8 nitrogen and oxygen atoms in total. The number of rotatable bonds is 3. The van der Waals surface area contributed by atoms with Gasteiger partial charge in [-0.3, -0.25) is 14.5 Å². The summed E-state index contributed by atoms with van der Waals surface area (Å²) >= 11 is 0. The van der Waals surface area contributed by atoms with E-state index in [0.717, 1.165) is 16.0 Å². The molecule has 4 rings (SSSR count). The Morgan fingerprint density at radius 2 is 2.08 bits per heavy atom. The highest BCUT2D eigenvalue weighted by molar-refractivity contribution is 7.91. The Morgan fingerprint density at radius 3 is 2.81 bits per heavy atom. The normalized spacial score (nSPS) is 29.1. The number of hydrogen-bond donors (Lipinski definition) is 2. The minimum atomic E-state index is -3.12. The quantitative estimate of drug-likeness (QED) is 0.701. The highest BCUT2D eigenvalue weighted by Gasteiger charge is 2.55. The molecule has 0 unspecified atom stereocenters. The molecule has 2 N–H and O–H groups in total. The van der Waals surface area contributed by atoms with Gasteiger partial charge in [-0.2, -0.15) is 0 Å². The number of imide groups is 1. The molecule has 0 radical (unpaired) electrons. The maximum atomic E-state index is 12.9. The van der Waals surface area contributed by atoms with Crippen molar-refractivity contribution in [3.05, 3.63) is 35.4 Å². The standard InChI is InChI=1S/C17H19N3O5S/c21-14(18-12-6-8-26(24,25)10-12)9-20-15(22)17(19-16(20)23)7-5-11-3-1-2-4-13(11)17/h1-4,12H,5-10H2,(H,18,21)(H,19,23)/t12-,17+/m1/s1. The van der Waals surface area contributed by atoms with Crippen LogP contribution in [0.2, 0.25) is 0 Å². The second-order valence-electron chi connectivity index (χ2n) is 7.05. The van der Waals surface area contributed by atoms with Crippen LogP contribution in [0.5, 0.6) is 0 Å². The number of fused-ring (bicyclic) bond motifs is 2. The summed E-state index contributed by atoms with van der Waals surface area (Å²) in [5.41, 5.74) is 0.705. The van der Waals surface area contributed by atoms with Crippen LogP contribution >= 0.6 is 0 Å². The molecule has 1 spiro atoms. The Bertz CT molecular complexity index is 913. The third-order valence-electron chi connectivity index (χ3n) is 5.32. The van der Waals surface area contributed by atoms with E-state index in [-0.39, 0.29) is 11.5 Å². The van der Waals surface area contributed by atoms with Gasteiger partial charge in [0.1, 0.15) is 12.1 Å². The van der Waals surface area contributed by atoms with Crippen molar-refractivity contribution in [3.63, 3.8) is 0 Å². The third kappa shape index (κ3) is 2.66. The van der Waals surface area contributed by atoms with Gasteiger partial charge in [0.05, 0.1) is 11.5 Å². The lowest BCUT2D eigenvalue weighted by molar-refractivity contribution is -0.135. The number of carbonyl (C=O) groups excluding carboxylic acids is 3. The zero-order valence-electron chi connectivity index (χ0n) is 14.0. The van der Waals surface area contributed by atoms with Gasteiger partial charge in [-0.1, -0.05) is 24.3 Å². The van der Waals surface area contributed by atoms with Crippen molar-refractivity contribution in [2.75, 3.05) is 18.1 Å². The molecule has 26 heavy (non-hydrogen) atoms. The van der Waals surface area contributed by atoms with Gasteiger partial charge in [0, 0.05) is 6.04 Å². The molecule has 0 saturated carbocycles. The predicted octanol–water partition coefficient (Wildman–Crippen LogP) is -0.317. The molecule has 1 aromatic carbocycles. The van der Waals surface area contributed by atoms with E-state index in [4.69, 9.17) is 0 Å². The van der Waals surface area contributed by atoms with E-state index in [2.05, 4.69) is 10.6 Å². The van der Waals surface area contributed by atoms with Gasteiger partial charge < -0.3 is 10.6 Å². The second-order valence-corrected chi connectivity index (χ2v) is 9.28. The Balaban J connectivity index is 1.48. The molecule has 2 atom stereocenters. The SMILES string of the molecule is O=C(CN1C(=O)N[C@]2(CCc3ccccc32)C1=O)N[C@@H]1CCS(=O)(=O)C1. The van der Waals surface area contributed by atoms with Crippen LogP contribution in [-0.4, -0.2) is 55.3 Å². The van der Waals surface area contributed by atoms with Crippen molar-refractivity contribution < 1.29 is 22.8 Å². The second kappa shape index (κ2) is 5.80. The Labute approximate surface area is 150 Å². The van der Waals surface area contributed by atoms with Crippen LogP contribution < -0.4 is 10.6 Å². The molecule has 9 heteroatoms. The van der Waals surface area contributed by atoms with Crippen LogP contribution in [0.25, 0.3) is 0 Å². The highest BCUT2D eigenvalue weighted by atomic mass is 32.2. The molecule has 2 heterocycles. The topological polar surface area (TPSA) is 113 Å². The summed E-state index contributed by atoms with van der Waals surface area (Å²) in [7, 11) is -3.12. The van der Waals surface area contributed by atoms with E-state index in [1.807, 2.05) is 24.3 Å². The maximum absolute atomic E-state index is 12.9. The number of urea groups is 1. The predicted molar refractivity (Wildman–Crippen MR) is 91.9 cm³/mol. The fraction of sp³-hybridized carbons (Fsp3) is 0.471. The summed E-state index contributed by atoms with van der Waals surface area (Å²) in [4.78, 5) is 38.4. The van der Waals surface area contributed by atoms with E-state index in [9.17, 15) is 22.8 Å². The molecule has 138 valence electrons. The van der Waals surface area contributed by atoms with Gasteiger partial charge in [-0.05, 0) is 30.4 Å². The van der Waals surface area contributed by atoms with Crippen molar-refractivity contribution in [1.82, 2.24) is 15.5 Å². The minimum Gasteiger partial charge on any atom is -0.351 e. The summed E-state index contributed by atoms with van der Waals surface area (Å²) in [6, 6.07) is 6.41. The number of aryl methyl sites for hydroxylation is 1. The first-order valence-corrected chi connectivity index (χ1v) is 10.4. The van der Waals surface area contributed by atoms with Crippen molar-refractivity contribution in [3.8, 4) is 0 Å². The van der Waals surface area contributed by atoms with Gasteiger partial charge in [0.2, 0.25) is 5.91 Å². The van der Waals surface area contributed by atoms with Crippen molar-refractivity contribution in [1.29, 1.82) is 0 Å². The lowest BCUT2D eigenvalue weighted by Crippen LogP contribution is -2.46. The van der Waals surface area contributed by atoms with E-state index in [0.29, 0.717) is 19.3 Å². The third-order valence-corrected chi connectivity index (χ3v) is 7.09. The summed E-state index contributed by atoms with van der Waals surface area (Å²) in [5.74, 6) is -1.02. The number of amides is 4. The first-order valence-electron chi connectivity index (χ1n) is 8.53. The molecular weight excluding hydrogens is 358 g/mol. The van der Waals surface area contributed by atoms with Gasteiger partial charge in [-0.25, -0.2) is 13.2 Å². The van der Waals surface area contributed by atoms with Gasteiger partial charge >= 0.3 is 6.03 Å². The number of carbonyl (C=O) groups is 3. The van der Waals surface area contributed by atoms with Gasteiger partial charge in [0.25, 0.3) is 5.91 Å². The average molecular weight is 377 g/mol. The first kappa shape index (κ1) is 17.0. The van der Waals surface area contributed by atoms with E-state index < -0.39 is 45.8 Å². The zero-order chi connectivity index (χ0) is 18.5. The summed E-state index contributed by atoms with van der Waals surface area (Å²) in [6.07, 6.45) is 1.50. The lowest BCUT2D eigenvalue weighted by atomic mass is 9.92. The van der Waals surface area contributed by atoms with Crippen molar-refractivity contribution in [2.45, 2.75) is 30.8 Å². The van der Waals surface area contributed by atoms with Crippen LogP contribution in [-0.2, 0) is 31.4 Å². The van der Waals surface area contributed by atoms with E-state index in [1.54, 1.807) is 0 Å². The van der Waals surface area contributed by atoms with Crippen LogP contribution in [0, 0.1) is 0 Å². The number of nitrogens with one attached hydrogen (secondary N) is 2. The Morgan fingerprint density at radius 1 is 1.31 bits per heavy atom. The maximum Gasteiger partial charge on any atom is 0.325 e. The Hall–Kier alpha value is -2.42. The van der Waals surface area contributed by atoms with Crippen LogP contribution in [0.3, 0.4) is 0 Å². The minimum absolute atomic E-state index is 0.0426.